The molecule has 1 aromatic rings. The van der Waals surface area contributed by atoms with Crippen LogP contribution in [0.2, 0.25) is 0 Å². The molecule has 4 bridgehead atoms. The van der Waals surface area contributed by atoms with Gasteiger partial charge >= 0.3 is 0 Å². The number of benzene rings is 1. The van der Waals surface area contributed by atoms with E-state index in [1.165, 1.54) is 24.8 Å². The molecule has 0 aromatic heterocycles. The molecule has 3 heteroatoms. The van der Waals surface area contributed by atoms with Crippen molar-refractivity contribution in [3.05, 3.63) is 34.9 Å². The highest BCUT2D eigenvalue weighted by Gasteiger charge is 2.54. The second kappa shape index (κ2) is 5.62. The van der Waals surface area contributed by atoms with Crippen molar-refractivity contribution in [1.82, 2.24) is 5.32 Å². The van der Waals surface area contributed by atoms with Crippen LogP contribution in [-0.4, -0.2) is 16.4 Å². The standard InChI is InChI=1S/C24H31NO2/c1-14-4-18-13-23(2,3)25-20(19(18)8-21(14)26)9-22(27)24-10-15-5-16(11-24)7-17(6-15)12-24/h4,8-9,15-17,25-26H,5-7,10-13H2,1-3H3/b20-9-. The SMILES string of the molecule is Cc1cc2c(cc1O)/C(=C/C(=O)C13CC4CC(CC(C4)C1)C3)NC(C)(C)C2. The molecular formula is C24H31NO2. The topological polar surface area (TPSA) is 49.3 Å². The summed E-state index contributed by atoms with van der Waals surface area (Å²) < 4.78 is 0. The predicted molar refractivity (Wildman–Crippen MR) is 107 cm³/mol. The number of phenolic OH excluding ortho intramolecular Hbond substituents is 1. The zero-order valence-corrected chi connectivity index (χ0v) is 16.8. The van der Waals surface area contributed by atoms with Gasteiger partial charge in [0.25, 0.3) is 0 Å². The molecule has 0 atom stereocenters. The highest BCUT2D eigenvalue weighted by atomic mass is 16.3. The fourth-order valence-corrected chi connectivity index (χ4v) is 6.92. The fraction of sp³-hybridized carbons (Fsp3) is 0.625. The molecule has 0 saturated heterocycles. The molecule has 4 saturated carbocycles. The van der Waals surface area contributed by atoms with Crippen molar-refractivity contribution in [3.63, 3.8) is 0 Å². The Morgan fingerprint density at radius 1 is 1.11 bits per heavy atom. The van der Waals surface area contributed by atoms with Gasteiger partial charge in [-0.3, -0.25) is 4.79 Å². The van der Waals surface area contributed by atoms with Crippen molar-refractivity contribution >= 4 is 11.5 Å². The van der Waals surface area contributed by atoms with Crippen molar-refractivity contribution in [2.45, 2.75) is 71.3 Å². The Morgan fingerprint density at radius 2 is 1.70 bits per heavy atom. The zero-order chi connectivity index (χ0) is 19.0. The van der Waals surface area contributed by atoms with Crippen molar-refractivity contribution < 1.29 is 9.90 Å². The summed E-state index contributed by atoms with van der Waals surface area (Å²) in [7, 11) is 0. The van der Waals surface area contributed by atoms with Gasteiger partial charge in [0.1, 0.15) is 5.75 Å². The van der Waals surface area contributed by atoms with Crippen LogP contribution in [0.15, 0.2) is 18.2 Å². The Balaban J connectivity index is 1.53. The lowest BCUT2D eigenvalue weighted by atomic mass is 9.48. The summed E-state index contributed by atoms with van der Waals surface area (Å²) in [5, 5.41) is 13.8. The van der Waals surface area contributed by atoms with Crippen LogP contribution >= 0.6 is 0 Å². The summed E-state index contributed by atoms with van der Waals surface area (Å²) in [6.07, 6.45) is 10.1. The first kappa shape index (κ1) is 17.3. The fourth-order valence-electron chi connectivity index (χ4n) is 6.92. The van der Waals surface area contributed by atoms with E-state index in [4.69, 9.17) is 0 Å². The molecule has 5 aliphatic rings. The van der Waals surface area contributed by atoms with Gasteiger partial charge in [0.2, 0.25) is 0 Å². The number of allylic oxidation sites excluding steroid dienone is 1. The minimum atomic E-state index is -0.113. The lowest BCUT2D eigenvalue weighted by Gasteiger charge is -2.55. The van der Waals surface area contributed by atoms with E-state index >= 15 is 0 Å². The Kier molecular flexibility index (Phi) is 3.61. The number of nitrogens with one attached hydrogen (secondary N) is 1. The third-order valence-electron chi connectivity index (χ3n) is 7.65. The lowest BCUT2D eigenvalue weighted by molar-refractivity contribution is -0.138. The minimum Gasteiger partial charge on any atom is -0.508 e. The van der Waals surface area contributed by atoms with E-state index < -0.39 is 0 Å². The molecule has 1 aromatic carbocycles. The number of phenols is 1. The largest absolute Gasteiger partial charge is 0.508 e. The second-order valence-corrected chi connectivity index (χ2v) is 10.6. The maximum absolute atomic E-state index is 13.6. The molecule has 1 aliphatic heterocycles. The summed E-state index contributed by atoms with van der Waals surface area (Å²) >= 11 is 0. The summed E-state index contributed by atoms with van der Waals surface area (Å²) in [5.41, 5.74) is 3.81. The molecule has 4 fully saturated rings. The highest BCUT2D eigenvalue weighted by molar-refractivity contribution is 6.01. The summed E-state index contributed by atoms with van der Waals surface area (Å²) in [6.45, 7) is 6.30. The van der Waals surface area contributed by atoms with E-state index in [1.54, 1.807) is 0 Å². The van der Waals surface area contributed by atoms with E-state index in [9.17, 15) is 9.90 Å². The van der Waals surface area contributed by atoms with Crippen LogP contribution in [0.25, 0.3) is 5.70 Å². The first-order chi connectivity index (χ1) is 12.7. The van der Waals surface area contributed by atoms with Crippen molar-refractivity contribution in [2.75, 3.05) is 0 Å². The minimum absolute atomic E-state index is 0.0933. The van der Waals surface area contributed by atoms with Crippen LogP contribution in [0.4, 0.5) is 0 Å². The number of ketones is 1. The summed E-state index contributed by atoms with van der Waals surface area (Å²) in [6, 6.07) is 3.92. The number of hydrogen-bond acceptors (Lipinski definition) is 3. The van der Waals surface area contributed by atoms with Crippen LogP contribution in [0.5, 0.6) is 5.75 Å². The molecule has 144 valence electrons. The number of hydrogen-bond donors (Lipinski definition) is 2. The molecule has 4 aliphatic carbocycles. The molecule has 3 nitrogen and oxygen atoms in total. The predicted octanol–water partition coefficient (Wildman–Crippen LogP) is 4.75. The van der Waals surface area contributed by atoms with Gasteiger partial charge in [0, 0.05) is 28.3 Å². The quantitative estimate of drug-likeness (QED) is 0.744. The van der Waals surface area contributed by atoms with Gasteiger partial charge in [-0.2, -0.15) is 0 Å². The number of carbonyl (C=O) groups excluding carboxylic acids is 1. The first-order valence-corrected chi connectivity index (χ1v) is 10.6. The number of rotatable bonds is 2. The monoisotopic (exact) mass is 365 g/mol. The smallest absolute Gasteiger partial charge is 0.163 e. The van der Waals surface area contributed by atoms with Crippen molar-refractivity contribution in [1.29, 1.82) is 0 Å². The first-order valence-electron chi connectivity index (χ1n) is 10.6. The molecule has 0 amide bonds. The average molecular weight is 366 g/mol. The van der Waals surface area contributed by atoms with Crippen LogP contribution in [0.3, 0.4) is 0 Å². The van der Waals surface area contributed by atoms with Gasteiger partial charge in [-0.05, 0) is 101 Å². The summed E-state index contributed by atoms with van der Waals surface area (Å²) in [4.78, 5) is 13.6. The second-order valence-electron chi connectivity index (χ2n) is 10.6. The maximum Gasteiger partial charge on any atom is 0.163 e. The van der Waals surface area contributed by atoms with E-state index in [0.717, 1.165) is 60.3 Å². The van der Waals surface area contributed by atoms with Gasteiger partial charge in [-0.1, -0.05) is 6.07 Å². The van der Waals surface area contributed by atoms with Crippen LogP contribution < -0.4 is 5.32 Å². The van der Waals surface area contributed by atoms with E-state index in [2.05, 4.69) is 25.2 Å². The van der Waals surface area contributed by atoms with Gasteiger partial charge in [0.05, 0.1) is 0 Å². The molecule has 1 heterocycles. The highest BCUT2D eigenvalue weighted by Crippen LogP contribution is 2.60. The number of carbonyl (C=O) groups is 1. The van der Waals surface area contributed by atoms with Crippen LogP contribution in [0, 0.1) is 30.1 Å². The zero-order valence-electron chi connectivity index (χ0n) is 16.8. The number of fused-ring (bicyclic) bond motifs is 1. The maximum atomic E-state index is 13.6. The lowest BCUT2D eigenvalue weighted by Crippen LogP contribution is -2.50. The van der Waals surface area contributed by atoms with Gasteiger partial charge < -0.3 is 10.4 Å². The van der Waals surface area contributed by atoms with Gasteiger partial charge in [0.15, 0.2) is 5.78 Å². The number of aryl methyl sites for hydroxylation is 1. The molecule has 0 unspecified atom stereocenters. The third-order valence-corrected chi connectivity index (χ3v) is 7.65. The van der Waals surface area contributed by atoms with Gasteiger partial charge in [-0.15, -0.1) is 0 Å². The van der Waals surface area contributed by atoms with E-state index in [1.807, 2.05) is 19.1 Å². The molecule has 6 rings (SSSR count). The molecule has 0 spiro atoms. The average Bonchev–Trinajstić information content (AvgIpc) is 2.54. The Morgan fingerprint density at radius 3 is 2.30 bits per heavy atom. The molecule has 0 radical (unpaired) electrons. The Hall–Kier alpha value is -1.77. The molecule has 27 heavy (non-hydrogen) atoms. The van der Waals surface area contributed by atoms with Gasteiger partial charge in [-0.25, -0.2) is 0 Å². The van der Waals surface area contributed by atoms with E-state index in [0.29, 0.717) is 11.5 Å². The van der Waals surface area contributed by atoms with Crippen molar-refractivity contribution in [2.24, 2.45) is 23.2 Å². The number of aromatic hydroxyl groups is 1. The molecular weight excluding hydrogens is 334 g/mol. The third kappa shape index (κ3) is 2.81. The van der Waals surface area contributed by atoms with Crippen molar-refractivity contribution in [3.8, 4) is 5.75 Å². The Bertz CT molecular complexity index is 813. The molecule has 2 N–H and O–H groups in total. The van der Waals surface area contributed by atoms with E-state index in [-0.39, 0.29) is 11.0 Å². The summed E-state index contributed by atoms with van der Waals surface area (Å²) in [5.74, 6) is 2.95. The van der Waals surface area contributed by atoms with Crippen LogP contribution in [-0.2, 0) is 11.2 Å². The Labute approximate surface area is 162 Å². The normalized spacial score (nSPS) is 37.1. The van der Waals surface area contributed by atoms with Crippen LogP contribution in [0.1, 0.15) is 69.1 Å².